The van der Waals surface area contributed by atoms with Crippen LogP contribution in [0.1, 0.15) is 6.92 Å². The molecule has 2 rings (SSSR count). The van der Waals surface area contributed by atoms with Crippen molar-refractivity contribution in [3.63, 3.8) is 0 Å². The van der Waals surface area contributed by atoms with Crippen LogP contribution in [0.5, 0.6) is 11.5 Å². The quantitative estimate of drug-likeness (QED) is 0.682. The molecule has 0 aromatic heterocycles. The third kappa shape index (κ3) is 7.10. The molecular weight excluding hydrogens is 384 g/mol. The Morgan fingerprint density at radius 2 is 1.56 bits per heavy atom. The molecule has 1 amide bonds. The van der Waals surface area contributed by atoms with E-state index in [1.807, 2.05) is 0 Å². The first-order chi connectivity index (χ1) is 12.8. The zero-order valence-corrected chi connectivity index (χ0v) is 14.9. The summed E-state index contributed by atoms with van der Waals surface area (Å²) in [5.41, 5.74) is 0.336. The summed E-state index contributed by atoms with van der Waals surface area (Å²) in [4.78, 5) is 23.7. The summed E-state index contributed by atoms with van der Waals surface area (Å²) >= 11 is 5.76. The van der Waals surface area contributed by atoms with Crippen molar-refractivity contribution in [3.05, 3.63) is 53.6 Å². The average Bonchev–Trinajstić information content (AvgIpc) is 2.62. The van der Waals surface area contributed by atoms with E-state index in [-0.39, 0.29) is 5.75 Å². The summed E-state index contributed by atoms with van der Waals surface area (Å²) < 4.78 is 38.6. The molecule has 0 fully saturated rings. The van der Waals surface area contributed by atoms with Crippen LogP contribution in [0.2, 0.25) is 5.02 Å². The number of ether oxygens (including phenoxy) is 3. The number of carbonyl (C=O) groups excluding carboxylic acids is 2. The third-order valence-corrected chi connectivity index (χ3v) is 3.42. The predicted molar refractivity (Wildman–Crippen MR) is 94.2 cm³/mol. The molecule has 0 heterocycles. The van der Waals surface area contributed by atoms with Gasteiger partial charge in [-0.1, -0.05) is 11.6 Å². The number of anilines is 1. The second kappa shape index (κ2) is 9.72. The Bertz CT molecular complexity index is 768. The van der Waals surface area contributed by atoms with E-state index in [0.29, 0.717) is 16.5 Å². The van der Waals surface area contributed by atoms with E-state index in [2.05, 4.69) is 10.1 Å². The SMILES string of the molecule is C[C@@H](Oc1ccc(Cl)cc1)C(=O)OCC(=O)Nc1ccc(OC(F)F)cc1. The number of hydrogen-bond acceptors (Lipinski definition) is 5. The molecule has 0 aliphatic rings. The molecule has 0 saturated carbocycles. The van der Waals surface area contributed by atoms with Gasteiger partial charge in [-0.15, -0.1) is 0 Å². The molecule has 6 nitrogen and oxygen atoms in total. The Morgan fingerprint density at radius 3 is 2.15 bits per heavy atom. The van der Waals surface area contributed by atoms with Crippen molar-refractivity contribution < 1.29 is 32.6 Å². The van der Waals surface area contributed by atoms with E-state index in [0.717, 1.165) is 0 Å². The van der Waals surface area contributed by atoms with Gasteiger partial charge >= 0.3 is 12.6 Å². The molecule has 144 valence electrons. The fourth-order valence-corrected chi connectivity index (χ4v) is 2.06. The van der Waals surface area contributed by atoms with Gasteiger partial charge in [-0.05, 0) is 55.5 Å². The first-order valence-corrected chi connectivity index (χ1v) is 8.15. The fraction of sp³-hybridized carbons (Fsp3) is 0.222. The molecule has 1 N–H and O–H groups in total. The number of amides is 1. The van der Waals surface area contributed by atoms with Gasteiger partial charge in [0.05, 0.1) is 0 Å². The maximum atomic E-state index is 12.1. The highest BCUT2D eigenvalue weighted by Gasteiger charge is 2.18. The summed E-state index contributed by atoms with van der Waals surface area (Å²) in [7, 11) is 0. The second-order valence-corrected chi connectivity index (χ2v) is 5.71. The summed E-state index contributed by atoms with van der Waals surface area (Å²) in [5, 5.41) is 2.99. The van der Waals surface area contributed by atoms with Gasteiger partial charge in [0, 0.05) is 10.7 Å². The summed E-state index contributed by atoms with van der Waals surface area (Å²) in [6.07, 6.45) is -0.926. The Labute approximate surface area is 159 Å². The highest BCUT2D eigenvalue weighted by atomic mass is 35.5. The molecule has 0 aliphatic heterocycles. The van der Waals surface area contributed by atoms with Gasteiger partial charge in [0.15, 0.2) is 12.7 Å². The Kier molecular flexibility index (Phi) is 7.36. The van der Waals surface area contributed by atoms with Gasteiger partial charge in [-0.2, -0.15) is 8.78 Å². The molecule has 0 unspecified atom stereocenters. The van der Waals surface area contributed by atoms with Gasteiger partial charge in [0.25, 0.3) is 5.91 Å². The van der Waals surface area contributed by atoms with Crippen molar-refractivity contribution in [1.82, 2.24) is 0 Å². The molecule has 9 heteroatoms. The van der Waals surface area contributed by atoms with Crippen LogP contribution in [0.25, 0.3) is 0 Å². The summed E-state index contributed by atoms with van der Waals surface area (Å²) in [6.45, 7) is -1.97. The number of benzene rings is 2. The lowest BCUT2D eigenvalue weighted by atomic mass is 10.3. The monoisotopic (exact) mass is 399 g/mol. The number of alkyl halides is 2. The zero-order chi connectivity index (χ0) is 19.8. The van der Waals surface area contributed by atoms with Crippen LogP contribution in [0.15, 0.2) is 48.5 Å². The Balaban J connectivity index is 1.76. The lowest BCUT2D eigenvalue weighted by Crippen LogP contribution is -2.29. The van der Waals surface area contributed by atoms with Crippen LogP contribution < -0.4 is 14.8 Å². The fourth-order valence-electron chi connectivity index (χ4n) is 1.94. The normalized spacial score (nSPS) is 11.6. The Hall–Kier alpha value is -2.87. The van der Waals surface area contributed by atoms with Crippen molar-refractivity contribution in [3.8, 4) is 11.5 Å². The molecule has 0 bridgehead atoms. The van der Waals surface area contributed by atoms with Crippen LogP contribution in [0.4, 0.5) is 14.5 Å². The average molecular weight is 400 g/mol. The molecule has 0 spiro atoms. The zero-order valence-electron chi connectivity index (χ0n) is 14.2. The van der Waals surface area contributed by atoms with Gasteiger partial charge in [-0.25, -0.2) is 4.79 Å². The van der Waals surface area contributed by atoms with E-state index >= 15 is 0 Å². The molecule has 27 heavy (non-hydrogen) atoms. The van der Waals surface area contributed by atoms with Crippen molar-refractivity contribution in [1.29, 1.82) is 0 Å². The topological polar surface area (TPSA) is 73.9 Å². The second-order valence-electron chi connectivity index (χ2n) is 5.27. The number of hydrogen-bond donors (Lipinski definition) is 1. The number of rotatable bonds is 8. The highest BCUT2D eigenvalue weighted by Crippen LogP contribution is 2.18. The lowest BCUT2D eigenvalue weighted by Gasteiger charge is -2.14. The first kappa shape index (κ1) is 20.4. The molecular formula is C18H16ClF2NO5. The minimum absolute atomic E-state index is 0.0393. The smallest absolute Gasteiger partial charge is 0.387 e. The van der Waals surface area contributed by atoms with Crippen molar-refractivity contribution in [2.24, 2.45) is 0 Å². The van der Waals surface area contributed by atoms with Gasteiger partial charge in [0.1, 0.15) is 11.5 Å². The van der Waals surface area contributed by atoms with Gasteiger partial charge in [0.2, 0.25) is 0 Å². The van der Waals surface area contributed by atoms with E-state index in [1.54, 1.807) is 24.3 Å². The highest BCUT2D eigenvalue weighted by molar-refractivity contribution is 6.30. The van der Waals surface area contributed by atoms with Crippen LogP contribution in [-0.4, -0.2) is 31.2 Å². The minimum Gasteiger partial charge on any atom is -0.479 e. The van der Waals surface area contributed by atoms with Crippen LogP contribution >= 0.6 is 11.6 Å². The maximum Gasteiger partial charge on any atom is 0.387 e. The molecule has 2 aromatic carbocycles. The summed E-state index contributed by atoms with van der Waals surface area (Å²) in [6, 6.07) is 11.7. The molecule has 0 radical (unpaired) electrons. The van der Waals surface area contributed by atoms with Gasteiger partial charge < -0.3 is 19.5 Å². The number of carbonyl (C=O) groups is 2. The van der Waals surface area contributed by atoms with Crippen LogP contribution in [0, 0.1) is 0 Å². The van der Waals surface area contributed by atoms with Gasteiger partial charge in [-0.3, -0.25) is 4.79 Å². The van der Waals surface area contributed by atoms with Crippen LogP contribution in [-0.2, 0) is 14.3 Å². The number of halogens is 3. The standard InChI is InChI=1S/C18H16ClF2NO5/c1-11(26-14-6-2-12(19)3-7-14)17(24)25-10-16(23)22-13-4-8-15(9-5-13)27-18(20)21/h2-9,11,18H,10H2,1H3,(H,22,23)/t11-/m1/s1. The third-order valence-electron chi connectivity index (χ3n) is 3.17. The minimum atomic E-state index is -2.93. The summed E-state index contributed by atoms with van der Waals surface area (Å²) in [5.74, 6) is -0.924. The largest absolute Gasteiger partial charge is 0.479 e. The van der Waals surface area contributed by atoms with Crippen molar-refractivity contribution >= 4 is 29.2 Å². The number of esters is 1. The number of nitrogens with one attached hydrogen (secondary N) is 1. The Morgan fingerprint density at radius 1 is 1.00 bits per heavy atom. The van der Waals surface area contributed by atoms with E-state index in [9.17, 15) is 18.4 Å². The van der Waals surface area contributed by atoms with Crippen molar-refractivity contribution in [2.45, 2.75) is 19.6 Å². The van der Waals surface area contributed by atoms with Crippen LogP contribution in [0.3, 0.4) is 0 Å². The lowest BCUT2D eigenvalue weighted by molar-refractivity contribution is -0.153. The van der Waals surface area contributed by atoms with E-state index < -0.39 is 31.2 Å². The predicted octanol–water partition coefficient (Wildman–Crippen LogP) is 3.89. The van der Waals surface area contributed by atoms with Crippen molar-refractivity contribution in [2.75, 3.05) is 11.9 Å². The molecule has 2 aromatic rings. The molecule has 1 atom stereocenters. The molecule has 0 aliphatic carbocycles. The van der Waals surface area contributed by atoms with E-state index in [1.165, 1.54) is 31.2 Å². The maximum absolute atomic E-state index is 12.1. The van der Waals surface area contributed by atoms with E-state index in [4.69, 9.17) is 21.1 Å². The molecule has 0 saturated heterocycles. The first-order valence-electron chi connectivity index (χ1n) is 7.77.